The van der Waals surface area contributed by atoms with Gasteiger partial charge in [0.05, 0.1) is 6.54 Å². The number of amides is 3. The van der Waals surface area contributed by atoms with Gasteiger partial charge in [-0.3, -0.25) is 19.3 Å². The van der Waals surface area contributed by atoms with Crippen molar-refractivity contribution < 1.29 is 14.4 Å². The Morgan fingerprint density at radius 1 is 1.16 bits per heavy atom. The molecule has 0 atom stereocenters. The van der Waals surface area contributed by atoms with E-state index in [2.05, 4.69) is 15.5 Å². The molecule has 0 bridgehead atoms. The molecule has 2 heterocycles. The molecule has 1 fully saturated rings. The summed E-state index contributed by atoms with van der Waals surface area (Å²) >= 11 is 0. The zero-order chi connectivity index (χ0) is 17.8. The van der Waals surface area contributed by atoms with Crippen molar-refractivity contribution in [2.24, 2.45) is 0 Å². The second-order valence-electron chi connectivity index (χ2n) is 6.44. The lowest BCUT2D eigenvalue weighted by Crippen LogP contribution is -2.51. The first-order chi connectivity index (χ1) is 12.1. The third-order valence-corrected chi connectivity index (χ3v) is 4.65. The van der Waals surface area contributed by atoms with Gasteiger partial charge in [-0.15, -0.1) is 0 Å². The number of anilines is 1. The van der Waals surface area contributed by atoms with E-state index in [1.807, 2.05) is 24.0 Å². The number of aryl methyl sites for hydroxylation is 1. The van der Waals surface area contributed by atoms with Crippen LogP contribution in [0.25, 0.3) is 0 Å². The molecule has 1 aromatic rings. The third-order valence-electron chi connectivity index (χ3n) is 4.65. The van der Waals surface area contributed by atoms with E-state index in [4.69, 9.17) is 0 Å². The molecule has 0 radical (unpaired) electrons. The lowest BCUT2D eigenvalue weighted by molar-refractivity contribution is -0.122. The van der Waals surface area contributed by atoms with E-state index in [1.165, 1.54) is 0 Å². The highest BCUT2D eigenvalue weighted by molar-refractivity contribution is 5.98. The van der Waals surface area contributed by atoms with Gasteiger partial charge < -0.3 is 15.5 Å². The molecule has 0 aliphatic carbocycles. The van der Waals surface area contributed by atoms with Crippen LogP contribution in [0, 0.1) is 0 Å². The summed E-state index contributed by atoms with van der Waals surface area (Å²) in [5, 5.41) is 5.63. The zero-order valence-corrected chi connectivity index (χ0v) is 14.5. The van der Waals surface area contributed by atoms with Crippen molar-refractivity contribution in [3.05, 3.63) is 29.3 Å². The van der Waals surface area contributed by atoms with Gasteiger partial charge in [-0.1, -0.05) is 0 Å². The van der Waals surface area contributed by atoms with Gasteiger partial charge in [0.2, 0.25) is 11.8 Å². The molecule has 2 aliphatic heterocycles. The molecular formula is C18H24N4O3. The van der Waals surface area contributed by atoms with Crippen molar-refractivity contribution in [2.75, 3.05) is 44.6 Å². The summed E-state index contributed by atoms with van der Waals surface area (Å²) in [7, 11) is 0. The van der Waals surface area contributed by atoms with Crippen molar-refractivity contribution in [1.29, 1.82) is 0 Å². The lowest BCUT2D eigenvalue weighted by Gasteiger charge is -2.34. The van der Waals surface area contributed by atoms with Crippen molar-refractivity contribution in [1.82, 2.24) is 15.1 Å². The van der Waals surface area contributed by atoms with Gasteiger partial charge in [0.1, 0.15) is 0 Å². The third kappa shape index (κ3) is 4.17. The molecule has 0 unspecified atom stereocenters. The summed E-state index contributed by atoms with van der Waals surface area (Å²) in [5.41, 5.74) is 2.48. The van der Waals surface area contributed by atoms with Crippen molar-refractivity contribution in [2.45, 2.75) is 19.8 Å². The second kappa shape index (κ2) is 7.65. The Labute approximate surface area is 147 Å². The number of benzene rings is 1. The molecule has 3 amide bonds. The van der Waals surface area contributed by atoms with Crippen LogP contribution in [-0.4, -0.2) is 66.8 Å². The largest absolute Gasteiger partial charge is 0.355 e. The minimum atomic E-state index is 0.0114. The minimum Gasteiger partial charge on any atom is -0.355 e. The molecule has 25 heavy (non-hydrogen) atoms. The zero-order valence-electron chi connectivity index (χ0n) is 14.5. The molecule has 3 rings (SSSR count). The molecule has 0 saturated carbocycles. The van der Waals surface area contributed by atoms with Crippen molar-refractivity contribution in [3.63, 3.8) is 0 Å². The Bertz CT molecular complexity index is 681. The first-order valence-electron chi connectivity index (χ1n) is 8.78. The molecule has 2 N–H and O–H groups in total. The Balaban J connectivity index is 1.58. The quantitative estimate of drug-likeness (QED) is 0.832. The van der Waals surface area contributed by atoms with Gasteiger partial charge in [-0.2, -0.15) is 0 Å². The normalized spacial score (nSPS) is 17.6. The molecule has 0 spiro atoms. The highest BCUT2D eigenvalue weighted by Crippen LogP contribution is 2.24. The number of nitrogens with zero attached hydrogens (tertiary/aromatic N) is 2. The molecule has 2 aliphatic rings. The van der Waals surface area contributed by atoms with E-state index in [1.54, 1.807) is 6.07 Å². The predicted molar refractivity (Wildman–Crippen MR) is 94.4 cm³/mol. The molecular weight excluding hydrogens is 320 g/mol. The number of piperazine rings is 1. The van der Waals surface area contributed by atoms with Crippen molar-refractivity contribution >= 4 is 23.4 Å². The Morgan fingerprint density at radius 2 is 1.92 bits per heavy atom. The average molecular weight is 344 g/mol. The van der Waals surface area contributed by atoms with Gasteiger partial charge in [0, 0.05) is 50.4 Å². The molecule has 7 heteroatoms. The fourth-order valence-corrected chi connectivity index (χ4v) is 3.26. The van der Waals surface area contributed by atoms with E-state index in [-0.39, 0.29) is 17.7 Å². The van der Waals surface area contributed by atoms with Crippen LogP contribution in [0.4, 0.5) is 5.69 Å². The summed E-state index contributed by atoms with van der Waals surface area (Å²) < 4.78 is 0. The first-order valence-corrected chi connectivity index (χ1v) is 8.78. The molecule has 0 aromatic heterocycles. The SMILES string of the molecule is CCNC(=O)CN1CCN(C(=O)c2ccc3c(c2)CCC(=O)N3)CC1. The summed E-state index contributed by atoms with van der Waals surface area (Å²) in [6.45, 7) is 5.55. The second-order valence-corrected chi connectivity index (χ2v) is 6.44. The van der Waals surface area contributed by atoms with Crippen molar-refractivity contribution in [3.8, 4) is 0 Å². The van der Waals surface area contributed by atoms with Crippen LogP contribution in [0.5, 0.6) is 0 Å². The smallest absolute Gasteiger partial charge is 0.253 e. The van der Waals surface area contributed by atoms with E-state index in [0.717, 1.165) is 11.3 Å². The number of carbonyl (C=O) groups excluding carboxylic acids is 3. The number of carbonyl (C=O) groups is 3. The van der Waals surface area contributed by atoms with Crippen LogP contribution < -0.4 is 10.6 Å². The molecule has 1 saturated heterocycles. The maximum absolute atomic E-state index is 12.7. The standard InChI is InChI=1S/C18H24N4O3/c1-2-19-17(24)12-21-7-9-22(10-8-21)18(25)14-3-5-15-13(11-14)4-6-16(23)20-15/h3,5,11H,2,4,6-10,12H2,1H3,(H,19,24)(H,20,23). The molecule has 7 nitrogen and oxygen atoms in total. The number of rotatable bonds is 4. The van der Waals surface area contributed by atoms with Gasteiger partial charge in [-0.05, 0) is 37.1 Å². The van der Waals surface area contributed by atoms with Crippen LogP contribution >= 0.6 is 0 Å². The summed E-state index contributed by atoms with van der Waals surface area (Å²) in [5.74, 6) is 0.0613. The summed E-state index contributed by atoms with van der Waals surface area (Å²) in [6.07, 6.45) is 1.13. The summed E-state index contributed by atoms with van der Waals surface area (Å²) in [6, 6.07) is 5.47. The lowest BCUT2D eigenvalue weighted by atomic mass is 10.00. The fourth-order valence-electron chi connectivity index (χ4n) is 3.26. The molecule has 1 aromatic carbocycles. The van der Waals surface area contributed by atoms with Gasteiger partial charge in [-0.25, -0.2) is 0 Å². The Kier molecular flexibility index (Phi) is 5.33. The van der Waals surface area contributed by atoms with E-state index in [0.29, 0.717) is 57.7 Å². The van der Waals surface area contributed by atoms with Crippen LogP contribution in [-0.2, 0) is 16.0 Å². The fraction of sp³-hybridized carbons (Fsp3) is 0.500. The summed E-state index contributed by atoms with van der Waals surface area (Å²) in [4.78, 5) is 39.7. The van der Waals surface area contributed by atoms with Crippen LogP contribution in [0.2, 0.25) is 0 Å². The Hall–Kier alpha value is -2.41. The van der Waals surface area contributed by atoms with Gasteiger partial charge >= 0.3 is 0 Å². The molecule has 134 valence electrons. The average Bonchev–Trinajstić information content (AvgIpc) is 2.61. The maximum atomic E-state index is 12.7. The van der Waals surface area contributed by atoms with Crippen LogP contribution in [0.15, 0.2) is 18.2 Å². The number of hydrogen-bond acceptors (Lipinski definition) is 4. The van der Waals surface area contributed by atoms with Gasteiger partial charge in [0.15, 0.2) is 0 Å². The monoisotopic (exact) mass is 344 g/mol. The number of fused-ring (bicyclic) bond motifs is 1. The number of hydrogen-bond donors (Lipinski definition) is 2. The highest BCUT2D eigenvalue weighted by Gasteiger charge is 2.24. The Morgan fingerprint density at radius 3 is 2.64 bits per heavy atom. The van der Waals surface area contributed by atoms with E-state index < -0.39 is 0 Å². The van der Waals surface area contributed by atoms with Crippen LogP contribution in [0.3, 0.4) is 0 Å². The highest BCUT2D eigenvalue weighted by atomic mass is 16.2. The first kappa shape index (κ1) is 17.4. The number of likely N-dealkylation sites (N-methyl/N-ethyl adjacent to an activating group) is 1. The van der Waals surface area contributed by atoms with E-state index in [9.17, 15) is 14.4 Å². The topological polar surface area (TPSA) is 81.8 Å². The van der Waals surface area contributed by atoms with Gasteiger partial charge in [0.25, 0.3) is 5.91 Å². The number of nitrogens with one attached hydrogen (secondary N) is 2. The van der Waals surface area contributed by atoms with E-state index >= 15 is 0 Å². The maximum Gasteiger partial charge on any atom is 0.253 e. The van der Waals surface area contributed by atoms with Crippen LogP contribution in [0.1, 0.15) is 29.3 Å². The predicted octanol–water partition coefficient (Wildman–Crippen LogP) is 0.465. The minimum absolute atomic E-state index is 0.0114.